The van der Waals surface area contributed by atoms with Crippen LogP contribution in [0.2, 0.25) is 10.0 Å². The van der Waals surface area contributed by atoms with Gasteiger partial charge in [-0.2, -0.15) is 0 Å². The first kappa shape index (κ1) is 11.2. The van der Waals surface area contributed by atoms with E-state index in [1.165, 1.54) is 12.1 Å². The van der Waals surface area contributed by atoms with E-state index >= 15 is 0 Å². The van der Waals surface area contributed by atoms with Crippen molar-refractivity contribution in [2.24, 2.45) is 0 Å². The van der Waals surface area contributed by atoms with Gasteiger partial charge in [0.2, 0.25) is 0 Å². The molecule has 0 aliphatic rings. The van der Waals surface area contributed by atoms with Crippen LogP contribution < -0.4 is 4.74 Å². The molecule has 1 nitrogen and oxygen atoms in total. The zero-order valence-electron chi connectivity index (χ0n) is 8.01. The van der Waals surface area contributed by atoms with Gasteiger partial charge in [-0.05, 0) is 24.3 Å². The molecule has 16 heavy (non-hydrogen) atoms. The Morgan fingerprint density at radius 1 is 1.19 bits per heavy atom. The Kier molecular flexibility index (Phi) is 3.32. The van der Waals surface area contributed by atoms with Crippen molar-refractivity contribution < 1.29 is 9.13 Å². The first-order valence-corrected chi connectivity index (χ1v) is 5.21. The highest BCUT2D eigenvalue weighted by Crippen LogP contribution is 2.34. The fourth-order valence-corrected chi connectivity index (χ4v) is 1.50. The first-order valence-electron chi connectivity index (χ1n) is 4.46. The summed E-state index contributed by atoms with van der Waals surface area (Å²) in [6.07, 6.45) is 0. The molecule has 1 radical (unpaired) electrons. The topological polar surface area (TPSA) is 9.23 Å². The standard InChI is InChI=1S/C12H6Cl2FO/c13-10-5-2-6-11(12(10)14)16-9-4-1-3-8(15)7-9/h1-2,4-7H. The molecule has 0 aliphatic heterocycles. The Labute approximate surface area is 102 Å². The van der Waals surface area contributed by atoms with Gasteiger partial charge in [0.1, 0.15) is 22.3 Å². The summed E-state index contributed by atoms with van der Waals surface area (Å²) in [6, 6.07) is 11.6. The van der Waals surface area contributed by atoms with Gasteiger partial charge in [0, 0.05) is 12.1 Å². The molecule has 0 atom stereocenters. The summed E-state index contributed by atoms with van der Waals surface area (Å²) in [5.41, 5.74) is 0. The Hall–Kier alpha value is -1.25. The lowest BCUT2D eigenvalue weighted by Crippen LogP contribution is -1.86. The maximum atomic E-state index is 12.9. The zero-order valence-corrected chi connectivity index (χ0v) is 9.52. The van der Waals surface area contributed by atoms with E-state index in [0.29, 0.717) is 21.5 Å². The first-order chi connectivity index (χ1) is 7.66. The molecule has 2 aromatic rings. The minimum Gasteiger partial charge on any atom is -0.456 e. The van der Waals surface area contributed by atoms with E-state index < -0.39 is 5.82 Å². The summed E-state index contributed by atoms with van der Waals surface area (Å²) >= 11 is 11.7. The van der Waals surface area contributed by atoms with Crippen molar-refractivity contribution in [1.82, 2.24) is 0 Å². The molecule has 0 saturated carbocycles. The summed E-state index contributed by atoms with van der Waals surface area (Å²) in [4.78, 5) is 0. The van der Waals surface area contributed by atoms with Gasteiger partial charge in [0.25, 0.3) is 0 Å². The van der Waals surface area contributed by atoms with Gasteiger partial charge in [0.15, 0.2) is 0 Å². The van der Waals surface area contributed by atoms with Crippen LogP contribution in [0.15, 0.2) is 36.4 Å². The minimum atomic E-state index is -0.490. The van der Waals surface area contributed by atoms with E-state index in [1.807, 2.05) is 0 Å². The van der Waals surface area contributed by atoms with Crippen molar-refractivity contribution >= 4 is 23.2 Å². The van der Waals surface area contributed by atoms with Gasteiger partial charge in [-0.15, -0.1) is 0 Å². The molecular weight excluding hydrogens is 250 g/mol. The van der Waals surface area contributed by atoms with Crippen molar-refractivity contribution in [3.63, 3.8) is 0 Å². The molecule has 0 N–H and O–H groups in total. The largest absolute Gasteiger partial charge is 0.456 e. The van der Waals surface area contributed by atoms with Crippen molar-refractivity contribution in [2.75, 3.05) is 0 Å². The minimum absolute atomic E-state index is 0.303. The summed E-state index contributed by atoms with van der Waals surface area (Å²) in [5, 5.41) is 0.694. The smallest absolute Gasteiger partial charge is 0.147 e. The molecule has 0 saturated heterocycles. The van der Waals surface area contributed by atoms with Crippen LogP contribution >= 0.6 is 23.2 Å². The molecule has 0 aliphatic carbocycles. The van der Waals surface area contributed by atoms with Gasteiger partial charge in [0.05, 0.1) is 5.02 Å². The third-order valence-corrected chi connectivity index (χ3v) is 2.68. The molecule has 4 heteroatoms. The molecule has 0 fully saturated rings. The molecule has 0 spiro atoms. The van der Waals surface area contributed by atoms with Gasteiger partial charge >= 0.3 is 0 Å². The van der Waals surface area contributed by atoms with E-state index in [2.05, 4.69) is 6.07 Å². The molecule has 0 heterocycles. The van der Waals surface area contributed by atoms with Gasteiger partial charge in [-0.1, -0.05) is 29.3 Å². The Bertz CT molecular complexity index is 514. The van der Waals surface area contributed by atoms with Crippen molar-refractivity contribution in [3.05, 3.63) is 58.3 Å². The fraction of sp³-hybridized carbons (Fsp3) is 0. The van der Waals surface area contributed by atoms with Crippen LogP contribution in [0.25, 0.3) is 0 Å². The number of halogens is 3. The third-order valence-electron chi connectivity index (χ3n) is 1.88. The van der Waals surface area contributed by atoms with Crippen LogP contribution in [-0.4, -0.2) is 0 Å². The quantitative estimate of drug-likeness (QED) is 0.755. The van der Waals surface area contributed by atoms with Gasteiger partial charge in [-0.3, -0.25) is 0 Å². The van der Waals surface area contributed by atoms with Gasteiger partial charge in [-0.25, -0.2) is 4.39 Å². The Balaban J connectivity index is 2.31. The third kappa shape index (κ3) is 2.46. The highest BCUT2D eigenvalue weighted by Gasteiger charge is 2.06. The SMILES string of the molecule is Fc1[c]ccc(Oc2cccc(Cl)c2Cl)c1. The van der Waals surface area contributed by atoms with Crippen LogP contribution in [0.3, 0.4) is 0 Å². The lowest BCUT2D eigenvalue weighted by atomic mass is 10.3. The van der Waals surface area contributed by atoms with Gasteiger partial charge < -0.3 is 4.74 Å². The molecule has 0 unspecified atom stereocenters. The van der Waals surface area contributed by atoms with E-state index in [0.717, 1.165) is 0 Å². The maximum Gasteiger partial charge on any atom is 0.147 e. The van der Waals surface area contributed by atoms with E-state index in [-0.39, 0.29) is 0 Å². The second-order valence-electron chi connectivity index (χ2n) is 3.03. The molecule has 81 valence electrons. The average molecular weight is 256 g/mol. The maximum absolute atomic E-state index is 12.9. The normalized spacial score (nSPS) is 10.2. The lowest BCUT2D eigenvalue weighted by molar-refractivity contribution is 0.477. The summed E-state index contributed by atoms with van der Waals surface area (Å²) < 4.78 is 18.2. The number of benzene rings is 2. The summed E-state index contributed by atoms with van der Waals surface area (Å²) in [6.45, 7) is 0. The van der Waals surface area contributed by atoms with E-state index in [1.54, 1.807) is 24.3 Å². The molecule has 0 aromatic heterocycles. The second-order valence-corrected chi connectivity index (χ2v) is 3.81. The molecule has 2 aromatic carbocycles. The van der Waals surface area contributed by atoms with Crippen molar-refractivity contribution in [1.29, 1.82) is 0 Å². The van der Waals surface area contributed by atoms with Crippen LogP contribution in [0.4, 0.5) is 4.39 Å². The number of ether oxygens (including phenoxy) is 1. The molecular formula is C12H6Cl2FO. The van der Waals surface area contributed by atoms with E-state index in [9.17, 15) is 4.39 Å². The number of hydrogen-bond donors (Lipinski definition) is 0. The Morgan fingerprint density at radius 2 is 2.00 bits per heavy atom. The average Bonchev–Trinajstić information content (AvgIpc) is 2.25. The number of hydrogen-bond acceptors (Lipinski definition) is 1. The molecule has 0 amide bonds. The summed E-state index contributed by atoms with van der Waals surface area (Å²) in [7, 11) is 0. The monoisotopic (exact) mass is 255 g/mol. The predicted octanol–water partition coefficient (Wildman–Crippen LogP) is 4.72. The summed E-state index contributed by atoms with van der Waals surface area (Å²) in [5.74, 6) is 0.246. The highest BCUT2D eigenvalue weighted by atomic mass is 35.5. The van der Waals surface area contributed by atoms with Crippen molar-refractivity contribution in [2.45, 2.75) is 0 Å². The van der Waals surface area contributed by atoms with Crippen LogP contribution in [0.5, 0.6) is 11.5 Å². The Morgan fingerprint density at radius 3 is 2.75 bits per heavy atom. The second kappa shape index (κ2) is 4.73. The van der Waals surface area contributed by atoms with E-state index in [4.69, 9.17) is 27.9 Å². The van der Waals surface area contributed by atoms with Crippen LogP contribution in [-0.2, 0) is 0 Å². The predicted molar refractivity (Wildman–Crippen MR) is 61.8 cm³/mol. The number of rotatable bonds is 2. The lowest BCUT2D eigenvalue weighted by Gasteiger charge is -2.07. The fourth-order valence-electron chi connectivity index (χ4n) is 1.17. The van der Waals surface area contributed by atoms with Crippen molar-refractivity contribution in [3.8, 4) is 11.5 Å². The zero-order chi connectivity index (χ0) is 11.5. The van der Waals surface area contributed by atoms with Crippen LogP contribution in [0, 0.1) is 11.9 Å². The molecule has 0 bridgehead atoms. The highest BCUT2D eigenvalue weighted by molar-refractivity contribution is 6.42. The molecule has 2 rings (SSSR count). The van der Waals surface area contributed by atoms with Crippen LogP contribution in [0.1, 0.15) is 0 Å².